The van der Waals surface area contributed by atoms with E-state index in [2.05, 4.69) is 15.3 Å². The number of nitrogens with one attached hydrogen (secondary N) is 1. The average Bonchev–Trinajstić information content (AvgIpc) is 3.48. The second-order valence-corrected chi connectivity index (χ2v) is 7.56. The maximum Gasteiger partial charge on any atom is 0.272 e. The number of benzene rings is 1. The maximum atomic E-state index is 13.4. The summed E-state index contributed by atoms with van der Waals surface area (Å²) in [6.45, 7) is 5.55. The minimum atomic E-state index is -0.0794. The quantitative estimate of drug-likeness (QED) is 0.633. The lowest BCUT2D eigenvalue weighted by atomic mass is 10.2. The lowest BCUT2D eigenvalue weighted by molar-refractivity contribution is -0.122. The summed E-state index contributed by atoms with van der Waals surface area (Å²) in [6, 6.07) is 15.0. The molecule has 0 saturated carbocycles. The predicted molar refractivity (Wildman–Crippen MR) is 117 cm³/mol. The van der Waals surface area contributed by atoms with Crippen LogP contribution in [-0.2, 0) is 4.79 Å². The van der Waals surface area contributed by atoms with Crippen LogP contribution in [0.15, 0.2) is 59.2 Å². The Morgan fingerprint density at radius 1 is 1.06 bits per heavy atom. The van der Waals surface area contributed by atoms with Gasteiger partial charge in [0.1, 0.15) is 11.4 Å². The maximum absolute atomic E-state index is 13.4. The highest BCUT2D eigenvalue weighted by atomic mass is 16.3. The minimum Gasteiger partial charge on any atom is -0.463 e. The van der Waals surface area contributed by atoms with E-state index in [4.69, 9.17) is 4.42 Å². The Morgan fingerprint density at radius 2 is 1.84 bits per heavy atom. The highest BCUT2D eigenvalue weighted by Gasteiger charge is 2.27. The van der Waals surface area contributed by atoms with Gasteiger partial charge in [0.05, 0.1) is 18.5 Å². The molecule has 1 N–H and O–H groups in total. The van der Waals surface area contributed by atoms with Crippen molar-refractivity contribution < 1.29 is 14.0 Å². The standard InChI is InChI=1S/C23H27N5O3/c1-2-10-24-22(29)17-26-11-13-27(14-12-26)23(30)20-16-19(21-9-6-15-31-21)25-28(20)18-7-4-3-5-8-18/h3-9,15-16H,2,10-14,17H2,1H3,(H,24,29). The number of rotatable bonds is 7. The number of hydrogen-bond donors (Lipinski definition) is 1. The molecule has 0 aliphatic carbocycles. The lowest BCUT2D eigenvalue weighted by Crippen LogP contribution is -2.51. The summed E-state index contributed by atoms with van der Waals surface area (Å²) in [7, 11) is 0. The molecular weight excluding hydrogens is 394 g/mol. The van der Waals surface area contributed by atoms with Crippen molar-refractivity contribution in [1.29, 1.82) is 0 Å². The number of carbonyl (C=O) groups excluding carboxylic acids is 2. The highest BCUT2D eigenvalue weighted by Crippen LogP contribution is 2.23. The Bertz CT molecular complexity index is 1010. The SMILES string of the molecule is CCCNC(=O)CN1CCN(C(=O)c2cc(-c3ccco3)nn2-c2ccccc2)CC1. The number of furan rings is 1. The van der Waals surface area contributed by atoms with E-state index in [0.29, 0.717) is 56.4 Å². The molecule has 2 aromatic heterocycles. The average molecular weight is 422 g/mol. The molecule has 1 aliphatic heterocycles. The molecule has 2 amide bonds. The van der Waals surface area contributed by atoms with Crippen LogP contribution in [0.1, 0.15) is 23.8 Å². The summed E-state index contributed by atoms with van der Waals surface area (Å²) in [5, 5.41) is 7.53. The van der Waals surface area contributed by atoms with Crippen molar-refractivity contribution in [2.75, 3.05) is 39.3 Å². The van der Waals surface area contributed by atoms with Gasteiger partial charge in [-0.05, 0) is 30.7 Å². The van der Waals surface area contributed by atoms with Gasteiger partial charge in [-0.3, -0.25) is 14.5 Å². The minimum absolute atomic E-state index is 0.0341. The summed E-state index contributed by atoms with van der Waals surface area (Å²) in [4.78, 5) is 29.3. The molecule has 162 valence electrons. The van der Waals surface area contributed by atoms with Crippen LogP contribution in [0.2, 0.25) is 0 Å². The van der Waals surface area contributed by atoms with E-state index in [1.165, 1.54) is 0 Å². The van der Waals surface area contributed by atoms with Gasteiger partial charge in [-0.25, -0.2) is 4.68 Å². The fourth-order valence-corrected chi connectivity index (χ4v) is 3.64. The van der Waals surface area contributed by atoms with Gasteiger partial charge >= 0.3 is 0 Å². The smallest absolute Gasteiger partial charge is 0.272 e. The van der Waals surface area contributed by atoms with Crippen molar-refractivity contribution in [3.8, 4) is 17.1 Å². The molecule has 1 fully saturated rings. The number of para-hydroxylation sites is 1. The summed E-state index contributed by atoms with van der Waals surface area (Å²) < 4.78 is 7.15. The Hall–Kier alpha value is -3.39. The van der Waals surface area contributed by atoms with Crippen molar-refractivity contribution in [2.45, 2.75) is 13.3 Å². The monoisotopic (exact) mass is 421 g/mol. The molecule has 0 bridgehead atoms. The van der Waals surface area contributed by atoms with Gasteiger partial charge in [0.25, 0.3) is 5.91 Å². The lowest BCUT2D eigenvalue weighted by Gasteiger charge is -2.34. The van der Waals surface area contributed by atoms with E-state index in [1.54, 1.807) is 23.1 Å². The fourth-order valence-electron chi connectivity index (χ4n) is 3.64. The number of carbonyl (C=O) groups is 2. The molecule has 0 unspecified atom stereocenters. The zero-order valence-corrected chi connectivity index (χ0v) is 17.7. The molecule has 3 aromatic rings. The molecule has 1 aromatic carbocycles. The van der Waals surface area contributed by atoms with E-state index in [9.17, 15) is 9.59 Å². The van der Waals surface area contributed by atoms with Crippen LogP contribution in [0.4, 0.5) is 0 Å². The molecule has 31 heavy (non-hydrogen) atoms. The zero-order chi connectivity index (χ0) is 21.6. The molecule has 0 radical (unpaired) electrons. The Balaban J connectivity index is 1.49. The first-order valence-corrected chi connectivity index (χ1v) is 10.6. The molecule has 1 saturated heterocycles. The van der Waals surface area contributed by atoms with Crippen LogP contribution in [0, 0.1) is 0 Å². The Kier molecular flexibility index (Phi) is 6.47. The van der Waals surface area contributed by atoms with Crippen LogP contribution in [0.5, 0.6) is 0 Å². The first-order valence-electron chi connectivity index (χ1n) is 10.6. The van der Waals surface area contributed by atoms with Crippen molar-refractivity contribution in [3.05, 3.63) is 60.5 Å². The molecule has 8 heteroatoms. The van der Waals surface area contributed by atoms with Gasteiger partial charge in [-0.15, -0.1) is 0 Å². The molecule has 1 aliphatic rings. The van der Waals surface area contributed by atoms with Crippen LogP contribution in [0.25, 0.3) is 17.1 Å². The Morgan fingerprint density at radius 3 is 2.52 bits per heavy atom. The zero-order valence-electron chi connectivity index (χ0n) is 17.7. The van der Waals surface area contributed by atoms with E-state index >= 15 is 0 Å². The van der Waals surface area contributed by atoms with Gasteiger partial charge in [-0.2, -0.15) is 5.10 Å². The van der Waals surface area contributed by atoms with E-state index < -0.39 is 0 Å². The highest BCUT2D eigenvalue weighted by molar-refractivity contribution is 5.94. The molecule has 3 heterocycles. The van der Waals surface area contributed by atoms with Crippen LogP contribution in [0.3, 0.4) is 0 Å². The van der Waals surface area contributed by atoms with Crippen molar-refractivity contribution in [1.82, 2.24) is 24.9 Å². The van der Waals surface area contributed by atoms with Crippen LogP contribution < -0.4 is 5.32 Å². The van der Waals surface area contributed by atoms with Gasteiger partial charge in [0.2, 0.25) is 5.91 Å². The molecule has 0 atom stereocenters. The van der Waals surface area contributed by atoms with Gasteiger partial charge < -0.3 is 14.6 Å². The molecule has 0 spiro atoms. The number of aromatic nitrogens is 2. The third kappa shape index (κ3) is 4.86. The van der Waals surface area contributed by atoms with Gasteiger partial charge in [-0.1, -0.05) is 25.1 Å². The van der Waals surface area contributed by atoms with Gasteiger partial charge in [0, 0.05) is 38.8 Å². The number of hydrogen-bond acceptors (Lipinski definition) is 5. The largest absolute Gasteiger partial charge is 0.463 e. The van der Waals surface area contributed by atoms with Crippen molar-refractivity contribution in [3.63, 3.8) is 0 Å². The second-order valence-electron chi connectivity index (χ2n) is 7.56. The van der Waals surface area contributed by atoms with Crippen molar-refractivity contribution >= 4 is 11.8 Å². The summed E-state index contributed by atoms with van der Waals surface area (Å²) in [5.41, 5.74) is 1.92. The molecule has 8 nitrogen and oxygen atoms in total. The van der Waals surface area contributed by atoms with Crippen molar-refractivity contribution in [2.24, 2.45) is 0 Å². The predicted octanol–water partition coefficient (Wildman–Crippen LogP) is 2.42. The number of nitrogens with zero attached hydrogens (tertiary/aromatic N) is 4. The van der Waals surface area contributed by atoms with Crippen LogP contribution in [-0.4, -0.2) is 70.7 Å². The normalized spacial score (nSPS) is 14.5. The van der Waals surface area contributed by atoms with Gasteiger partial charge in [0.15, 0.2) is 5.76 Å². The molecular formula is C23H27N5O3. The fraction of sp³-hybridized carbons (Fsp3) is 0.348. The Labute approximate surface area is 181 Å². The van der Waals surface area contributed by atoms with E-state index in [1.807, 2.05) is 48.2 Å². The summed E-state index contributed by atoms with van der Waals surface area (Å²) in [6.07, 6.45) is 2.51. The van der Waals surface area contributed by atoms with E-state index in [0.717, 1.165) is 12.1 Å². The summed E-state index contributed by atoms with van der Waals surface area (Å²) >= 11 is 0. The summed E-state index contributed by atoms with van der Waals surface area (Å²) in [5.74, 6) is 0.572. The molecule has 4 rings (SSSR count). The topological polar surface area (TPSA) is 83.6 Å². The number of piperazine rings is 1. The van der Waals surface area contributed by atoms with Crippen LogP contribution >= 0.6 is 0 Å². The third-order valence-electron chi connectivity index (χ3n) is 5.30. The van der Waals surface area contributed by atoms with E-state index in [-0.39, 0.29) is 11.8 Å². The first kappa shape index (κ1) is 20.9. The second kappa shape index (κ2) is 9.61. The third-order valence-corrected chi connectivity index (χ3v) is 5.30. The first-order chi connectivity index (χ1) is 15.2. The number of amides is 2.